The minimum absolute atomic E-state index is 0.177. The van der Waals surface area contributed by atoms with Crippen LogP contribution in [-0.4, -0.2) is 29.3 Å². The highest BCUT2D eigenvalue weighted by Gasteiger charge is 2.09. The SMILES string of the molecule is O=C(CNC(=O)c1ccccc1)NNC(=O)c1ccccn1. The lowest BCUT2D eigenvalue weighted by molar-refractivity contribution is -0.120. The standard InChI is InChI=1S/C15H14N4O3/c20-13(10-17-14(21)11-6-2-1-3-7-11)18-19-15(22)12-8-4-5-9-16-12/h1-9H,10H2,(H,17,21)(H,18,20)(H,19,22). The maximum absolute atomic E-state index is 11.7. The van der Waals surface area contributed by atoms with Gasteiger partial charge in [-0.2, -0.15) is 0 Å². The predicted molar refractivity (Wildman–Crippen MR) is 78.6 cm³/mol. The van der Waals surface area contributed by atoms with E-state index >= 15 is 0 Å². The zero-order valence-electron chi connectivity index (χ0n) is 11.6. The van der Waals surface area contributed by atoms with Gasteiger partial charge in [0.25, 0.3) is 17.7 Å². The van der Waals surface area contributed by atoms with E-state index in [0.29, 0.717) is 5.56 Å². The van der Waals surface area contributed by atoms with Crippen LogP contribution in [0.4, 0.5) is 0 Å². The molecule has 0 unspecified atom stereocenters. The third-order valence-corrected chi connectivity index (χ3v) is 2.66. The van der Waals surface area contributed by atoms with Crippen molar-refractivity contribution in [2.75, 3.05) is 6.54 Å². The molecule has 0 spiro atoms. The molecule has 0 bridgehead atoms. The van der Waals surface area contributed by atoms with E-state index in [1.54, 1.807) is 42.5 Å². The number of hydrazine groups is 1. The van der Waals surface area contributed by atoms with Crippen LogP contribution in [0.15, 0.2) is 54.7 Å². The predicted octanol–water partition coefficient (Wildman–Crippen LogP) is 0.273. The number of nitrogens with one attached hydrogen (secondary N) is 3. The first kappa shape index (κ1) is 15.2. The zero-order chi connectivity index (χ0) is 15.8. The highest BCUT2D eigenvalue weighted by Crippen LogP contribution is 1.97. The Labute approximate surface area is 126 Å². The first-order valence-corrected chi connectivity index (χ1v) is 6.50. The Kier molecular flexibility index (Phi) is 5.20. The van der Waals surface area contributed by atoms with E-state index in [1.807, 2.05) is 0 Å². The van der Waals surface area contributed by atoms with Crippen LogP contribution in [0.2, 0.25) is 0 Å². The van der Waals surface area contributed by atoms with Crippen molar-refractivity contribution in [1.29, 1.82) is 0 Å². The van der Waals surface area contributed by atoms with Crippen molar-refractivity contribution in [3.8, 4) is 0 Å². The lowest BCUT2D eigenvalue weighted by Gasteiger charge is -2.08. The van der Waals surface area contributed by atoms with Crippen LogP contribution >= 0.6 is 0 Å². The third-order valence-electron chi connectivity index (χ3n) is 2.66. The van der Waals surface area contributed by atoms with Crippen molar-refractivity contribution in [3.05, 3.63) is 66.0 Å². The second kappa shape index (κ2) is 7.53. The molecule has 2 rings (SSSR count). The molecule has 1 heterocycles. The molecule has 0 saturated carbocycles. The Morgan fingerprint density at radius 1 is 0.864 bits per heavy atom. The molecule has 1 aromatic heterocycles. The topological polar surface area (TPSA) is 100 Å². The third kappa shape index (κ3) is 4.41. The van der Waals surface area contributed by atoms with Crippen molar-refractivity contribution in [3.63, 3.8) is 0 Å². The van der Waals surface area contributed by atoms with E-state index < -0.39 is 11.8 Å². The largest absolute Gasteiger partial charge is 0.343 e. The van der Waals surface area contributed by atoms with Gasteiger partial charge in [0.1, 0.15) is 5.69 Å². The van der Waals surface area contributed by atoms with Gasteiger partial charge in [0, 0.05) is 11.8 Å². The van der Waals surface area contributed by atoms with E-state index in [0.717, 1.165) is 0 Å². The molecule has 7 nitrogen and oxygen atoms in total. The lowest BCUT2D eigenvalue weighted by atomic mass is 10.2. The molecule has 22 heavy (non-hydrogen) atoms. The fourth-order valence-electron chi connectivity index (χ4n) is 1.58. The van der Waals surface area contributed by atoms with E-state index in [2.05, 4.69) is 21.2 Å². The van der Waals surface area contributed by atoms with Gasteiger partial charge in [0.2, 0.25) is 0 Å². The smallest absolute Gasteiger partial charge is 0.288 e. The number of hydrogen-bond donors (Lipinski definition) is 3. The Hall–Kier alpha value is -3.22. The molecule has 0 saturated heterocycles. The molecule has 1 aromatic carbocycles. The fourth-order valence-corrected chi connectivity index (χ4v) is 1.58. The van der Waals surface area contributed by atoms with Crippen molar-refractivity contribution in [2.24, 2.45) is 0 Å². The maximum atomic E-state index is 11.7. The second-order valence-corrected chi connectivity index (χ2v) is 4.27. The summed E-state index contributed by atoms with van der Waals surface area (Å²) in [6.45, 7) is -0.254. The van der Waals surface area contributed by atoms with Gasteiger partial charge in [-0.05, 0) is 24.3 Å². The number of aromatic nitrogens is 1. The Balaban J connectivity index is 1.74. The highest BCUT2D eigenvalue weighted by atomic mass is 16.2. The minimum atomic E-state index is -0.548. The number of pyridine rings is 1. The van der Waals surface area contributed by atoms with E-state index in [4.69, 9.17) is 0 Å². The summed E-state index contributed by atoms with van der Waals surface area (Å²) in [7, 11) is 0. The molecule has 0 radical (unpaired) electrons. The van der Waals surface area contributed by atoms with Crippen LogP contribution in [0, 0.1) is 0 Å². The molecule has 3 amide bonds. The second-order valence-electron chi connectivity index (χ2n) is 4.27. The average Bonchev–Trinajstić information content (AvgIpc) is 2.59. The van der Waals surface area contributed by atoms with Gasteiger partial charge in [0.15, 0.2) is 0 Å². The molecule has 112 valence electrons. The summed E-state index contributed by atoms with van der Waals surface area (Å²) >= 11 is 0. The normalized spacial score (nSPS) is 9.64. The van der Waals surface area contributed by atoms with E-state index in [-0.39, 0.29) is 18.1 Å². The van der Waals surface area contributed by atoms with Gasteiger partial charge in [-0.3, -0.25) is 30.2 Å². The molecule has 0 aliphatic heterocycles. The summed E-state index contributed by atoms with van der Waals surface area (Å²) in [6, 6.07) is 13.4. The van der Waals surface area contributed by atoms with Crippen molar-refractivity contribution < 1.29 is 14.4 Å². The lowest BCUT2D eigenvalue weighted by Crippen LogP contribution is -2.46. The summed E-state index contributed by atoms with van der Waals surface area (Å²) in [5.41, 5.74) is 5.03. The minimum Gasteiger partial charge on any atom is -0.343 e. The number of rotatable bonds is 4. The quantitative estimate of drug-likeness (QED) is 0.705. The summed E-state index contributed by atoms with van der Waals surface area (Å²) < 4.78 is 0. The molecule has 2 aromatic rings. The summed E-state index contributed by atoms with van der Waals surface area (Å²) in [6.07, 6.45) is 1.47. The Bertz CT molecular complexity index is 602. The number of carbonyl (C=O) groups excluding carboxylic acids is 3. The van der Waals surface area contributed by atoms with Crippen LogP contribution in [0.25, 0.3) is 0 Å². The van der Waals surface area contributed by atoms with Gasteiger partial charge in [-0.15, -0.1) is 0 Å². The Morgan fingerprint density at radius 3 is 2.27 bits per heavy atom. The Morgan fingerprint density at radius 2 is 1.59 bits per heavy atom. The monoisotopic (exact) mass is 298 g/mol. The van der Waals surface area contributed by atoms with Crippen LogP contribution < -0.4 is 16.2 Å². The van der Waals surface area contributed by atoms with Crippen molar-refractivity contribution >= 4 is 17.7 Å². The number of carbonyl (C=O) groups is 3. The van der Waals surface area contributed by atoms with E-state index in [9.17, 15) is 14.4 Å². The summed E-state index contributed by atoms with van der Waals surface area (Å²) in [4.78, 5) is 38.7. The fraction of sp³-hybridized carbons (Fsp3) is 0.0667. The molecule has 0 aliphatic rings. The van der Waals surface area contributed by atoms with Gasteiger partial charge in [0.05, 0.1) is 6.54 Å². The first-order chi connectivity index (χ1) is 10.7. The number of nitrogens with zero attached hydrogens (tertiary/aromatic N) is 1. The van der Waals surface area contributed by atoms with Crippen LogP contribution in [0.1, 0.15) is 20.8 Å². The van der Waals surface area contributed by atoms with Crippen molar-refractivity contribution in [1.82, 2.24) is 21.2 Å². The molecular weight excluding hydrogens is 284 g/mol. The van der Waals surface area contributed by atoms with Crippen LogP contribution in [-0.2, 0) is 4.79 Å². The summed E-state index contributed by atoms with van der Waals surface area (Å²) in [5.74, 6) is -1.45. The molecule has 0 aliphatic carbocycles. The van der Waals surface area contributed by atoms with Gasteiger partial charge < -0.3 is 5.32 Å². The van der Waals surface area contributed by atoms with E-state index in [1.165, 1.54) is 12.3 Å². The van der Waals surface area contributed by atoms with Gasteiger partial charge in [-0.25, -0.2) is 0 Å². The number of hydrogen-bond acceptors (Lipinski definition) is 4. The molecule has 0 atom stereocenters. The first-order valence-electron chi connectivity index (χ1n) is 6.50. The van der Waals surface area contributed by atoms with Gasteiger partial charge >= 0.3 is 0 Å². The van der Waals surface area contributed by atoms with Crippen LogP contribution in [0.5, 0.6) is 0 Å². The summed E-state index contributed by atoms with van der Waals surface area (Å²) in [5, 5.41) is 2.44. The molecule has 0 fully saturated rings. The number of amides is 3. The number of benzene rings is 1. The van der Waals surface area contributed by atoms with Gasteiger partial charge in [-0.1, -0.05) is 24.3 Å². The van der Waals surface area contributed by atoms with Crippen LogP contribution in [0.3, 0.4) is 0 Å². The molecule has 3 N–H and O–H groups in total. The maximum Gasteiger partial charge on any atom is 0.288 e. The van der Waals surface area contributed by atoms with Crippen molar-refractivity contribution in [2.45, 2.75) is 0 Å². The average molecular weight is 298 g/mol. The zero-order valence-corrected chi connectivity index (χ0v) is 11.6. The molecular formula is C15H14N4O3. The molecule has 7 heteroatoms. The highest BCUT2D eigenvalue weighted by molar-refractivity contribution is 5.97.